The van der Waals surface area contributed by atoms with Gasteiger partial charge in [0.15, 0.2) is 11.0 Å². The second-order valence-electron chi connectivity index (χ2n) is 6.55. The van der Waals surface area contributed by atoms with Gasteiger partial charge in [0.25, 0.3) is 0 Å². The van der Waals surface area contributed by atoms with Crippen LogP contribution in [0.3, 0.4) is 0 Å². The minimum atomic E-state index is -0.0724. The van der Waals surface area contributed by atoms with Crippen molar-refractivity contribution in [2.75, 3.05) is 5.75 Å². The van der Waals surface area contributed by atoms with Crippen LogP contribution in [0, 0.1) is 6.92 Å². The lowest BCUT2D eigenvalue weighted by Gasteiger charge is -2.09. The van der Waals surface area contributed by atoms with E-state index in [0.717, 1.165) is 16.9 Å². The van der Waals surface area contributed by atoms with Gasteiger partial charge in [0, 0.05) is 18.9 Å². The van der Waals surface area contributed by atoms with Gasteiger partial charge in [-0.05, 0) is 30.2 Å². The molecular weight excluding hydrogens is 400 g/mol. The second-order valence-corrected chi connectivity index (χ2v) is 7.50. The zero-order valence-corrected chi connectivity index (χ0v) is 17.2. The lowest BCUT2D eigenvalue weighted by molar-refractivity contribution is -0.118. The van der Waals surface area contributed by atoms with E-state index in [1.165, 1.54) is 11.8 Å². The van der Waals surface area contributed by atoms with E-state index >= 15 is 0 Å². The molecule has 1 N–H and O–H groups in total. The number of carbonyl (C=O) groups excluding carboxylic acids is 1. The van der Waals surface area contributed by atoms with Crippen molar-refractivity contribution in [3.05, 3.63) is 78.1 Å². The van der Waals surface area contributed by atoms with E-state index in [1.807, 2.05) is 47.9 Å². The third-order valence-electron chi connectivity index (χ3n) is 4.47. The van der Waals surface area contributed by atoms with Crippen molar-refractivity contribution in [1.29, 1.82) is 0 Å². The van der Waals surface area contributed by atoms with E-state index < -0.39 is 0 Å². The Morgan fingerprint density at radius 3 is 2.83 bits per heavy atom. The van der Waals surface area contributed by atoms with Crippen LogP contribution in [0.1, 0.15) is 16.9 Å². The van der Waals surface area contributed by atoms with Crippen molar-refractivity contribution < 1.29 is 9.21 Å². The molecule has 0 saturated carbocycles. The SMILES string of the molecule is Cc1ccccc1CNC(=O)CSc1nnc(-c2cnccn2)n1Cc1ccco1. The summed E-state index contributed by atoms with van der Waals surface area (Å²) >= 11 is 1.32. The molecule has 0 spiro atoms. The zero-order chi connectivity index (χ0) is 20.8. The van der Waals surface area contributed by atoms with Crippen LogP contribution in [-0.4, -0.2) is 36.4 Å². The summed E-state index contributed by atoms with van der Waals surface area (Å²) in [5, 5.41) is 12.1. The molecule has 0 aliphatic rings. The molecule has 0 saturated heterocycles. The normalized spacial score (nSPS) is 10.8. The number of nitrogens with zero attached hydrogens (tertiary/aromatic N) is 5. The minimum absolute atomic E-state index is 0.0724. The summed E-state index contributed by atoms with van der Waals surface area (Å²) in [7, 11) is 0. The molecular formula is C21H20N6O2S. The Hall–Kier alpha value is -3.46. The van der Waals surface area contributed by atoms with Crippen LogP contribution in [0.5, 0.6) is 0 Å². The molecule has 4 aromatic rings. The van der Waals surface area contributed by atoms with E-state index in [9.17, 15) is 4.79 Å². The van der Waals surface area contributed by atoms with Crippen LogP contribution in [0.15, 0.2) is 70.8 Å². The maximum atomic E-state index is 12.4. The third kappa shape index (κ3) is 4.74. The fourth-order valence-corrected chi connectivity index (χ4v) is 3.65. The lowest BCUT2D eigenvalue weighted by atomic mass is 10.1. The molecule has 4 rings (SSSR count). The molecule has 1 amide bonds. The summed E-state index contributed by atoms with van der Waals surface area (Å²) in [5.74, 6) is 1.48. The van der Waals surface area contributed by atoms with Crippen LogP contribution in [-0.2, 0) is 17.9 Å². The molecule has 0 bridgehead atoms. The van der Waals surface area contributed by atoms with Crippen LogP contribution >= 0.6 is 11.8 Å². The molecule has 0 unspecified atom stereocenters. The van der Waals surface area contributed by atoms with E-state index in [-0.39, 0.29) is 11.7 Å². The smallest absolute Gasteiger partial charge is 0.230 e. The highest BCUT2D eigenvalue weighted by Crippen LogP contribution is 2.23. The Morgan fingerprint density at radius 1 is 1.17 bits per heavy atom. The van der Waals surface area contributed by atoms with E-state index in [1.54, 1.807) is 24.9 Å². The van der Waals surface area contributed by atoms with Crippen LogP contribution < -0.4 is 5.32 Å². The summed E-state index contributed by atoms with van der Waals surface area (Å²) < 4.78 is 7.35. The molecule has 8 nitrogen and oxygen atoms in total. The van der Waals surface area contributed by atoms with E-state index in [0.29, 0.717) is 29.8 Å². The molecule has 3 aromatic heterocycles. The largest absolute Gasteiger partial charge is 0.467 e. The number of carbonyl (C=O) groups is 1. The molecule has 0 fully saturated rings. The van der Waals surface area contributed by atoms with Gasteiger partial charge in [-0.3, -0.25) is 14.3 Å². The number of hydrogen-bond donors (Lipinski definition) is 1. The maximum absolute atomic E-state index is 12.4. The first kappa shape index (κ1) is 19.8. The summed E-state index contributed by atoms with van der Waals surface area (Å²) in [4.78, 5) is 20.8. The number of hydrogen-bond acceptors (Lipinski definition) is 7. The van der Waals surface area contributed by atoms with E-state index in [2.05, 4.69) is 25.5 Å². The first-order chi connectivity index (χ1) is 14.7. The van der Waals surface area contributed by atoms with Crippen molar-refractivity contribution in [1.82, 2.24) is 30.0 Å². The first-order valence-corrected chi connectivity index (χ1v) is 10.4. The zero-order valence-electron chi connectivity index (χ0n) is 16.4. The van der Waals surface area contributed by atoms with Gasteiger partial charge in [-0.15, -0.1) is 10.2 Å². The van der Waals surface area contributed by atoms with Gasteiger partial charge in [0.2, 0.25) is 5.91 Å². The van der Waals surface area contributed by atoms with Crippen molar-refractivity contribution in [2.24, 2.45) is 0 Å². The van der Waals surface area contributed by atoms with Gasteiger partial charge in [0.1, 0.15) is 11.5 Å². The number of aryl methyl sites for hydroxylation is 1. The summed E-state index contributed by atoms with van der Waals surface area (Å²) in [6.07, 6.45) is 6.46. The molecule has 1 aromatic carbocycles. The number of amides is 1. The summed E-state index contributed by atoms with van der Waals surface area (Å²) in [5.41, 5.74) is 2.85. The highest BCUT2D eigenvalue weighted by molar-refractivity contribution is 7.99. The van der Waals surface area contributed by atoms with Gasteiger partial charge in [0.05, 0.1) is 24.8 Å². The fraction of sp³-hybridized carbons (Fsp3) is 0.190. The molecule has 0 radical (unpaired) electrons. The maximum Gasteiger partial charge on any atom is 0.230 e. The molecule has 30 heavy (non-hydrogen) atoms. The predicted molar refractivity (Wildman–Crippen MR) is 113 cm³/mol. The Balaban J connectivity index is 1.46. The Morgan fingerprint density at radius 2 is 2.07 bits per heavy atom. The van der Waals surface area contributed by atoms with Crippen molar-refractivity contribution in [3.63, 3.8) is 0 Å². The van der Waals surface area contributed by atoms with Crippen LogP contribution in [0.25, 0.3) is 11.5 Å². The Kier molecular flexibility index (Phi) is 6.19. The molecule has 9 heteroatoms. The number of nitrogens with one attached hydrogen (secondary N) is 1. The molecule has 0 atom stereocenters. The number of aromatic nitrogens is 5. The van der Waals surface area contributed by atoms with Gasteiger partial charge in [-0.25, -0.2) is 4.98 Å². The highest BCUT2D eigenvalue weighted by atomic mass is 32.2. The first-order valence-electron chi connectivity index (χ1n) is 9.36. The quantitative estimate of drug-likeness (QED) is 0.437. The summed E-state index contributed by atoms with van der Waals surface area (Å²) in [6, 6.07) is 11.7. The van der Waals surface area contributed by atoms with Gasteiger partial charge in [-0.1, -0.05) is 36.0 Å². The Bertz CT molecular complexity index is 1110. The van der Waals surface area contributed by atoms with Crippen molar-refractivity contribution in [3.8, 4) is 11.5 Å². The van der Waals surface area contributed by atoms with Crippen molar-refractivity contribution >= 4 is 17.7 Å². The van der Waals surface area contributed by atoms with Gasteiger partial charge >= 0.3 is 0 Å². The monoisotopic (exact) mass is 420 g/mol. The van der Waals surface area contributed by atoms with Gasteiger partial charge < -0.3 is 9.73 Å². The molecule has 152 valence electrons. The highest BCUT2D eigenvalue weighted by Gasteiger charge is 2.18. The van der Waals surface area contributed by atoms with E-state index in [4.69, 9.17) is 4.42 Å². The molecule has 0 aliphatic heterocycles. The average Bonchev–Trinajstić information content (AvgIpc) is 3.43. The number of benzene rings is 1. The standard InChI is InChI=1S/C21H20N6O2S/c1-15-5-2-3-6-16(15)11-24-19(28)14-30-21-26-25-20(18-12-22-8-9-23-18)27(21)13-17-7-4-10-29-17/h2-10,12H,11,13-14H2,1H3,(H,24,28). The van der Waals surface area contributed by atoms with Crippen LogP contribution in [0.4, 0.5) is 0 Å². The fourth-order valence-electron chi connectivity index (χ4n) is 2.88. The average molecular weight is 420 g/mol. The lowest BCUT2D eigenvalue weighted by Crippen LogP contribution is -2.25. The number of thioether (sulfide) groups is 1. The minimum Gasteiger partial charge on any atom is -0.467 e. The Labute approximate surface area is 177 Å². The number of furan rings is 1. The van der Waals surface area contributed by atoms with Crippen LogP contribution in [0.2, 0.25) is 0 Å². The number of rotatable bonds is 8. The summed E-state index contributed by atoms with van der Waals surface area (Å²) in [6.45, 7) is 2.95. The molecule has 3 heterocycles. The topological polar surface area (TPSA) is 98.7 Å². The third-order valence-corrected chi connectivity index (χ3v) is 5.44. The van der Waals surface area contributed by atoms with Crippen molar-refractivity contribution in [2.45, 2.75) is 25.2 Å². The second kappa shape index (κ2) is 9.36. The predicted octanol–water partition coefficient (Wildman–Crippen LogP) is 3.09. The molecule has 0 aliphatic carbocycles. The van der Waals surface area contributed by atoms with Gasteiger partial charge in [-0.2, -0.15) is 0 Å².